The Balaban J connectivity index is 1.86. The molecule has 0 radical (unpaired) electrons. The highest BCUT2D eigenvalue weighted by Gasteiger charge is 2.15. The summed E-state index contributed by atoms with van der Waals surface area (Å²) in [6, 6.07) is 8.66. The molecule has 7 nitrogen and oxygen atoms in total. The normalized spacial score (nSPS) is 11.3. The maximum absolute atomic E-state index is 12.2. The predicted molar refractivity (Wildman–Crippen MR) is 99.4 cm³/mol. The van der Waals surface area contributed by atoms with E-state index in [1.54, 1.807) is 49.8 Å². The second kappa shape index (κ2) is 9.41. The summed E-state index contributed by atoms with van der Waals surface area (Å²) in [6.07, 6.45) is 3.67. The predicted octanol–water partition coefficient (Wildman–Crippen LogP) is 3.09. The van der Waals surface area contributed by atoms with Crippen molar-refractivity contribution >= 4 is 23.2 Å². The Hall–Kier alpha value is -3.09. The highest BCUT2D eigenvalue weighted by Crippen LogP contribution is 2.29. The molecule has 138 valence electrons. The van der Waals surface area contributed by atoms with Crippen molar-refractivity contribution in [1.82, 2.24) is 4.98 Å². The Morgan fingerprint density at radius 2 is 1.81 bits per heavy atom. The van der Waals surface area contributed by atoms with E-state index < -0.39 is 0 Å². The first-order valence-corrected chi connectivity index (χ1v) is 8.23. The molecule has 2 amide bonds. The van der Waals surface area contributed by atoms with Crippen LogP contribution in [-0.4, -0.2) is 31.0 Å². The Morgan fingerprint density at radius 1 is 1.08 bits per heavy atom. The number of aromatic nitrogens is 1. The van der Waals surface area contributed by atoms with Gasteiger partial charge in [0.25, 0.3) is 0 Å². The zero-order valence-corrected chi connectivity index (χ0v) is 15.1. The van der Waals surface area contributed by atoms with Crippen molar-refractivity contribution in [2.75, 3.05) is 24.9 Å². The minimum atomic E-state index is -0.185. The van der Waals surface area contributed by atoms with Gasteiger partial charge < -0.3 is 20.1 Å². The molecule has 0 saturated carbocycles. The van der Waals surface area contributed by atoms with Crippen LogP contribution in [0.2, 0.25) is 0 Å². The van der Waals surface area contributed by atoms with E-state index in [2.05, 4.69) is 15.6 Å². The Bertz CT molecular complexity index is 750. The van der Waals surface area contributed by atoms with E-state index in [1.807, 2.05) is 6.92 Å². The van der Waals surface area contributed by atoms with E-state index in [4.69, 9.17) is 9.47 Å². The van der Waals surface area contributed by atoms with Crippen LogP contribution in [-0.2, 0) is 9.59 Å². The van der Waals surface area contributed by atoms with E-state index in [9.17, 15) is 9.59 Å². The summed E-state index contributed by atoms with van der Waals surface area (Å²) in [6.45, 7) is 1.85. The third-order valence-electron chi connectivity index (χ3n) is 3.70. The first-order chi connectivity index (χ1) is 12.5. The van der Waals surface area contributed by atoms with Crippen LogP contribution >= 0.6 is 0 Å². The van der Waals surface area contributed by atoms with Crippen molar-refractivity contribution in [1.29, 1.82) is 0 Å². The largest absolute Gasteiger partial charge is 0.497 e. The molecule has 0 spiro atoms. The number of pyridine rings is 1. The first kappa shape index (κ1) is 19.2. The van der Waals surface area contributed by atoms with E-state index in [-0.39, 0.29) is 30.6 Å². The van der Waals surface area contributed by atoms with Crippen LogP contribution in [0.3, 0.4) is 0 Å². The van der Waals surface area contributed by atoms with Crippen molar-refractivity contribution in [3.63, 3.8) is 0 Å². The van der Waals surface area contributed by atoms with Crippen molar-refractivity contribution in [2.45, 2.75) is 19.8 Å². The molecule has 2 aromatic rings. The standard InChI is InChI=1S/C19H23N3O4/c1-13(9-18(23)21-14-5-4-8-20-12-14)10-19(24)22-16-7-6-15(25-2)11-17(16)26-3/h4-8,11-13H,9-10H2,1-3H3,(H,21,23)(H,22,24). The summed E-state index contributed by atoms with van der Waals surface area (Å²) in [5, 5.41) is 5.57. The summed E-state index contributed by atoms with van der Waals surface area (Å²) in [5.74, 6) is 0.700. The van der Waals surface area contributed by atoms with Crippen LogP contribution in [0.1, 0.15) is 19.8 Å². The Kier molecular flexibility index (Phi) is 6.96. The third-order valence-corrected chi connectivity index (χ3v) is 3.70. The number of anilines is 2. The zero-order chi connectivity index (χ0) is 18.9. The number of methoxy groups -OCH3 is 2. The highest BCUT2D eigenvalue weighted by atomic mass is 16.5. The molecule has 2 N–H and O–H groups in total. The van der Waals surface area contributed by atoms with Gasteiger partial charge in [0.15, 0.2) is 0 Å². The SMILES string of the molecule is COc1ccc(NC(=O)CC(C)CC(=O)Nc2cccnc2)c(OC)c1. The Morgan fingerprint density at radius 3 is 2.42 bits per heavy atom. The maximum Gasteiger partial charge on any atom is 0.224 e. The lowest BCUT2D eigenvalue weighted by Gasteiger charge is -2.14. The highest BCUT2D eigenvalue weighted by molar-refractivity contribution is 5.94. The molecular weight excluding hydrogens is 334 g/mol. The zero-order valence-electron chi connectivity index (χ0n) is 15.1. The summed E-state index contributed by atoms with van der Waals surface area (Å²) >= 11 is 0. The van der Waals surface area contributed by atoms with Gasteiger partial charge in [-0.3, -0.25) is 14.6 Å². The summed E-state index contributed by atoms with van der Waals surface area (Å²) < 4.78 is 10.4. The molecule has 1 aromatic carbocycles. The van der Waals surface area contributed by atoms with Crippen LogP contribution in [0.5, 0.6) is 11.5 Å². The average Bonchev–Trinajstić information content (AvgIpc) is 2.62. The number of ether oxygens (including phenoxy) is 2. The molecule has 0 aliphatic rings. The molecule has 0 aliphatic carbocycles. The summed E-state index contributed by atoms with van der Waals surface area (Å²) in [7, 11) is 3.08. The fourth-order valence-corrected chi connectivity index (χ4v) is 2.46. The topological polar surface area (TPSA) is 89.5 Å². The quantitative estimate of drug-likeness (QED) is 0.758. The minimum absolute atomic E-state index is 0.115. The van der Waals surface area contributed by atoms with Gasteiger partial charge in [0.2, 0.25) is 11.8 Å². The lowest BCUT2D eigenvalue weighted by atomic mass is 10.0. The molecule has 1 atom stereocenters. The van der Waals surface area contributed by atoms with Crippen molar-refractivity contribution < 1.29 is 19.1 Å². The van der Waals surface area contributed by atoms with Gasteiger partial charge in [-0.1, -0.05) is 6.92 Å². The second-order valence-corrected chi connectivity index (χ2v) is 5.92. The van der Waals surface area contributed by atoms with E-state index >= 15 is 0 Å². The number of benzene rings is 1. The lowest BCUT2D eigenvalue weighted by Crippen LogP contribution is -2.20. The van der Waals surface area contributed by atoms with Gasteiger partial charge in [0.1, 0.15) is 11.5 Å². The lowest BCUT2D eigenvalue weighted by molar-refractivity contribution is -0.118. The van der Waals surface area contributed by atoms with Crippen LogP contribution in [0.4, 0.5) is 11.4 Å². The molecule has 0 aliphatic heterocycles. The van der Waals surface area contributed by atoms with Crippen molar-refractivity contribution in [2.24, 2.45) is 5.92 Å². The van der Waals surface area contributed by atoms with E-state index in [0.29, 0.717) is 22.9 Å². The molecule has 0 saturated heterocycles. The molecule has 0 fully saturated rings. The number of hydrogen-bond donors (Lipinski definition) is 2. The second-order valence-electron chi connectivity index (χ2n) is 5.92. The third kappa shape index (κ3) is 5.77. The van der Waals surface area contributed by atoms with Crippen LogP contribution in [0.15, 0.2) is 42.7 Å². The Labute approximate surface area is 152 Å². The average molecular weight is 357 g/mol. The van der Waals surface area contributed by atoms with Gasteiger partial charge in [-0.15, -0.1) is 0 Å². The van der Waals surface area contributed by atoms with Gasteiger partial charge in [0.05, 0.1) is 31.8 Å². The number of nitrogens with zero attached hydrogens (tertiary/aromatic N) is 1. The summed E-state index contributed by atoms with van der Waals surface area (Å²) in [4.78, 5) is 28.2. The fourth-order valence-electron chi connectivity index (χ4n) is 2.46. The van der Waals surface area contributed by atoms with Gasteiger partial charge in [-0.05, 0) is 30.2 Å². The van der Waals surface area contributed by atoms with Crippen LogP contribution < -0.4 is 20.1 Å². The molecular formula is C19H23N3O4. The summed E-state index contributed by atoms with van der Waals surface area (Å²) in [5.41, 5.74) is 1.20. The number of hydrogen-bond acceptors (Lipinski definition) is 5. The molecule has 2 rings (SSSR count). The molecule has 26 heavy (non-hydrogen) atoms. The first-order valence-electron chi connectivity index (χ1n) is 8.23. The minimum Gasteiger partial charge on any atom is -0.497 e. The number of rotatable bonds is 8. The van der Waals surface area contributed by atoms with Crippen molar-refractivity contribution in [3.05, 3.63) is 42.7 Å². The van der Waals surface area contributed by atoms with Gasteiger partial charge in [-0.2, -0.15) is 0 Å². The van der Waals surface area contributed by atoms with Crippen LogP contribution in [0, 0.1) is 5.92 Å². The van der Waals surface area contributed by atoms with Crippen molar-refractivity contribution in [3.8, 4) is 11.5 Å². The van der Waals surface area contributed by atoms with Gasteiger partial charge in [0, 0.05) is 25.1 Å². The molecule has 0 bridgehead atoms. The number of carbonyl (C=O) groups is 2. The van der Waals surface area contributed by atoms with Gasteiger partial charge in [-0.25, -0.2) is 0 Å². The molecule has 1 heterocycles. The number of amides is 2. The van der Waals surface area contributed by atoms with Gasteiger partial charge >= 0.3 is 0 Å². The molecule has 1 unspecified atom stereocenters. The number of carbonyl (C=O) groups excluding carboxylic acids is 2. The van der Waals surface area contributed by atoms with E-state index in [1.165, 1.54) is 7.11 Å². The van der Waals surface area contributed by atoms with Crippen LogP contribution in [0.25, 0.3) is 0 Å². The fraction of sp³-hybridized carbons (Fsp3) is 0.316. The number of nitrogens with one attached hydrogen (secondary N) is 2. The smallest absolute Gasteiger partial charge is 0.224 e. The van der Waals surface area contributed by atoms with E-state index in [0.717, 1.165) is 0 Å². The molecule has 1 aromatic heterocycles. The maximum atomic E-state index is 12.2. The monoisotopic (exact) mass is 357 g/mol. The molecule has 7 heteroatoms.